The maximum absolute atomic E-state index is 12.5. The van der Waals surface area contributed by atoms with E-state index in [1.54, 1.807) is 0 Å². The van der Waals surface area contributed by atoms with Crippen LogP contribution >= 0.6 is 0 Å². The standard InChI is InChI=1S/C18H29N7O7/c1-8(15(28)24-12(18(31)32)5-10-6-21-7-22-10)23-17(30)14(9(2)26)25-16(29)11(19)3-4-13(20)27/h6-9,11-12,14,26H,3-5,19H2,1-2H3,(H2,20,27)(H,21,22)(H,23,30)(H,24,28)(H,25,29)(H,31,32). The average molecular weight is 455 g/mol. The van der Waals surface area contributed by atoms with Gasteiger partial charge >= 0.3 is 5.97 Å². The topological polar surface area (TPSA) is 243 Å². The molecule has 0 saturated heterocycles. The van der Waals surface area contributed by atoms with Crippen LogP contribution in [0.15, 0.2) is 12.5 Å². The minimum Gasteiger partial charge on any atom is -0.480 e. The molecule has 0 fully saturated rings. The Hall–Kier alpha value is -3.52. The third-order valence-corrected chi connectivity index (χ3v) is 4.45. The lowest BCUT2D eigenvalue weighted by Gasteiger charge is -2.25. The molecule has 0 spiro atoms. The number of carbonyl (C=O) groups excluding carboxylic acids is 4. The second-order valence-electron chi connectivity index (χ2n) is 7.25. The summed E-state index contributed by atoms with van der Waals surface area (Å²) in [5.41, 5.74) is 11.1. The summed E-state index contributed by atoms with van der Waals surface area (Å²) < 4.78 is 0. The quantitative estimate of drug-likeness (QED) is 0.147. The van der Waals surface area contributed by atoms with Gasteiger partial charge < -0.3 is 42.6 Å². The van der Waals surface area contributed by atoms with Crippen molar-refractivity contribution < 1.29 is 34.2 Å². The number of nitrogens with zero attached hydrogens (tertiary/aromatic N) is 1. The SMILES string of the molecule is CC(NC(=O)C(NC(=O)C(N)CCC(N)=O)C(C)O)C(=O)NC(Cc1cnc[nH]1)C(=O)O. The van der Waals surface area contributed by atoms with Gasteiger partial charge in [-0.3, -0.25) is 19.2 Å². The van der Waals surface area contributed by atoms with Crippen LogP contribution in [-0.4, -0.2) is 80.1 Å². The number of aliphatic hydroxyl groups excluding tert-OH is 1. The third-order valence-electron chi connectivity index (χ3n) is 4.45. The predicted octanol–water partition coefficient (Wildman–Crippen LogP) is -3.52. The van der Waals surface area contributed by atoms with E-state index < -0.39 is 59.9 Å². The van der Waals surface area contributed by atoms with Gasteiger partial charge in [0.15, 0.2) is 0 Å². The molecule has 0 aliphatic carbocycles. The highest BCUT2D eigenvalue weighted by Gasteiger charge is 2.31. The molecular weight excluding hydrogens is 426 g/mol. The number of aromatic amines is 1. The lowest BCUT2D eigenvalue weighted by atomic mass is 10.1. The maximum Gasteiger partial charge on any atom is 0.326 e. The first-order valence-electron chi connectivity index (χ1n) is 9.75. The molecule has 1 rings (SSSR count). The molecule has 0 aliphatic heterocycles. The maximum atomic E-state index is 12.5. The second-order valence-corrected chi connectivity index (χ2v) is 7.25. The minimum absolute atomic E-state index is 0.0545. The van der Waals surface area contributed by atoms with E-state index in [9.17, 15) is 34.2 Å². The molecule has 10 N–H and O–H groups in total. The van der Waals surface area contributed by atoms with E-state index in [1.165, 1.54) is 26.4 Å². The number of carbonyl (C=O) groups is 5. The van der Waals surface area contributed by atoms with Crippen LogP contribution in [0.25, 0.3) is 0 Å². The number of imidazole rings is 1. The van der Waals surface area contributed by atoms with Gasteiger partial charge in [-0.2, -0.15) is 0 Å². The Morgan fingerprint density at radius 3 is 2.25 bits per heavy atom. The molecule has 0 radical (unpaired) electrons. The van der Waals surface area contributed by atoms with E-state index in [2.05, 4.69) is 25.9 Å². The zero-order valence-electron chi connectivity index (χ0n) is 17.7. The lowest BCUT2D eigenvalue weighted by molar-refractivity contribution is -0.142. The monoisotopic (exact) mass is 455 g/mol. The molecule has 1 heterocycles. The van der Waals surface area contributed by atoms with Crippen molar-refractivity contribution in [3.63, 3.8) is 0 Å². The van der Waals surface area contributed by atoms with E-state index in [0.717, 1.165) is 0 Å². The average Bonchev–Trinajstić information content (AvgIpc) is 3.21. The molecule has 0 saturated carbocycles. The number of H-pyrrole nitrogens is 1. The van der Waals surface area contributed by atoms with E-state index >= 15 is 0 Å². The largest absolute Gasteiger partial charge is 0.480 e. The van der Waals surface area contributed by atoms with Gasteiger partial charge in [-0.15, -0.1) is 0 Å². The molecule has 0 bridgehead atoms. The zero-order chi connectivity index (χ0) is 24.4. The summed E-state index contributed by atoms with van der Waals surface area (Å²) >= 11 is 0. The molecule has 5 unspecified atom stereocenters. The number of aliphatic hydroxyl groups is 1. The number of nitrogens with two attached hydrogens (primary N) is 2. The Morgan fingerprint density at radius 1 is 1.09 bits per heavy atom. The van der Waals surface area contributed by atoms with E-state index in [1.807, 2.05) is 0 Å². The first-order chi connectivity index (χ1) is 14.9. The van der Waals surface area contributed by atoms with E-state index in [4.69, 9.17) is 11.5 Å². The molecule has 5 atom stereocenters. The van der Waals surface area contributed by atoms with Crippen LogP contribution in [0.1, 0.15) is 32.4 Å². The minimum atomic E-state index is -1.45. The van der Waals surface area contributed by atoms with Crippen molar-refractivity contribution in [1.82, 2.24) is 25.9 Å². The summed E-state index contributed by atoms with van der Waals surface area (Å²) in [5.74, 6) is -4.41. The molecule has 4 amide bonds. The summed E-state index contributed by atoms with van der Waals surface area (Å²) in [6, 6.07) is -5.06. The number of aliphatic carboxylic acids is 1. The molecule has 178 valence electrons. The van der Waals surface area contributed by atoms with Crippen LogP contribution in [0.5, 0.6) is 0 Å². The number of hydrogen-bond donors (Lipinski definition) is 8. The van der Waals surface area contributed by atoms with E-state index in [0.29, 0.717) is 5.69 Å². The Balaban J connectivity index is 2.70. The normalized spacial score (nSPS) is 15.5. The Bertz CT molecular complexity index is 813. The molecular formula is C18H29N7O7. The van der Waals surface area contributed by atoms with Crippen LogP contribution < -0.4 is 27.4 Å². The van der Waals surface area contributed by atoms with Gasteiger partial charge in [-0.05, 0) is 20.3 Å². The van der Waals surface area contributed by atoms with E-state index in [-0.39, 0.29) is 19.3 Å². The van der Waals surface area contributed by atoms with Crippen LogP contribution in [0.2, 0.25) is 0 Å². The first-order valence-corrected chi connectivity index (χ1v) is 9.75. The van der Waals surface area contributed by atoms with Crippen LogP contribution in [0.3, 0.4) is 0 Å². The highest BCUT2D eigenvalue weighted by Crippen LogP contribution is 2.02. The Morgan fingerprint density at radius 2 is 1.75 bits per heavy atom. The lowest BCUT2D eigenvalue weighted by Crippen LogP contribution is -2.59. The van der Waals surface area contributed by atoms with Crippen molar-refractivity contribution in [2.45, 2.75) is 63.4 Å². The summed E-state index contributed by atoms with van der Waals surface area (Å²) in [4.78, 5) is 65.7. The van der Waals surface area contributed by atoms with Crippen molar-refractivity contribution in [2.24, 2.45) is 11.5 Å². The van der Waals surface area contributed by atoms with Crippen LogP contribution in [-0.2, 0) is 30.4 Å². The number of amides is 4. The molecule has 0 aliphatic rings. The highest BCUT2D eigenvalue weighted by atomic mass is 16.4. The third kappa shape index (κ3) is 8.69. The molecule has 32 heavy (non-hydrogen) atoms. The van der Waals surface area contributed by atoms with Gasteiger partial charge in [0, 0.05) is 24.7 Å². The van der Waals surface area contributed by atoms with Crippen LogP contribution in [0, 0.1) is 0 Å². The van der Waals surface area contributed by atoms with Crippen molar-refractivity contribution in [3.05, 3.63) is 18.2 Å². The molecule has 0 aromatic carbocycles. The number of hydrogen-bond acceptors (Lipinski definition) is 8. The fourth-order valence-corrected chi connectivity index (χ4v) is 2.58. The summed E-state index contributed by atoms with van der Waals surface area (Å²) in [7, 11) is 0. The van der Waals surface area contributed by atoms with Crippen molar-refractivity contribution in [3.8, 4) is 0 Å². The number of aromatic nitrogens is 2. The van der Waals surface area contributed by atoms with Gasteiger partial charge in [0.1, 0.15) is 18.1 Å². The summed E-state index contributed by atoms with van der Waals surface area (Å²) in [5, 5.41) is 26.0. The number of nitrogens with one attached hydrogen (secondary N) is 4. The molecule has 1 aromatic rings. The second kappa shape index (κ2) is 12.4. The van der Waals surface area contributed by atoms with Crippen molar-refractivity contribution in [2.75, 3.05) is 0 Å². The fraction of sp³-hybridized carbons (Fsp3) is 0.556. The van der Waals surface area contributed by atoms with Crippen molar-refractivity contribution >= 4 is 29.6 Å². The van der Waals surface area contributed by atoms with Gasteiger partial charge in [-0.25, -0.2) is 9.78 Å². The first kappa shape index (κ1) is 26.5. The molecule has 14 heteroatoms. The number of primary amides is 1. The highest BCUT2D eigenvalue weighted by molar-refractivity contribution is 5.94. The fourth-order valence-electron chi connectivity index (χ4n) is 2.58. The summed E-state index contributed by atoms with van der Waals surface area (Å²) in [6.07, 6.45) is 1.18. The van der Waals surface area contributed by atoms with Crippen molar-refractivity contribution in [1.29, 1.82) is 0 Å². The molecule has 1 aromatic heterocycles. The summed E-state index contributed by atoms with van der Waals surface area (Å²) in [6.45, 7) is 2.55. The van der Waals surface area contributed by atoms with Gasteiger partial charge in [0.2, 0.25) is 23.6 Å². The van der Waals surface area contributed by atoms with Crippen LogP contribution in [0.4, 0.5) is 0 Å². The predicted molar refractivity (Wildman–Crippen MR) is 109 cm³/mol. The zero-order valence-corrected chi connectivity index (χ0v) is 17.7. The number of rotatable bonds is 13. The molecule has 14 nitrogen and oxygen atoms in total. The van der Waals surface area contributed by atoms with Gasteiger partial charge in [-0.1, -0.05) is 0 Å². The Labute approximate surface area is 183 Å². The number of carboxylic acids is 1. The van der Waals surface area contributed by atoms with Gasteiger partial charge in [0.25, 0.3) is 0 Å². The smallest absolute Gasteiger partial charge is 0.326 e. The number of carboxylic acid groups (broad SMARTS) is 1. The van der Waals surface area contributed by atoms with Gasteiger partial charge in [0.05, 0.1) is 18.5 Å². The Kier molecular flexibility index (Phi) is 10.2.